The Morgan fingerprint density at radius 2 is 1.71 bits per heavy atom. The minimum atomic E-state index is 0.641. The highest BCUT2D eigenvalue weighted by Gasteiger charge is 2.13. The Labute approximate surface area is 125 Å². The topological polar surface area (TPSA) is 44.3 Å². The maximum absolute atomic E-state index is 4.35. The van der Waals surface area contributed by atoms with Crippen LogP contribution in [-0.2, 0) is 0 Å². The molecule has 1 aliphatic rings. The third-order valence-corrected chi connectivity index (χ3v) is 3.79. The van der Waals surface area contributed by atoms with Crippen LogP contribution in [0.15, 0.2) is 36.5 Å². The maximum atomic E-state index is 4.35. The first-order chi connectivity index (χ1) is 10.2. The van der Waals surface area contributed by atoms with Crippen LogP contribution in [0.2, 0.25) is 0 Å². The molecule has 0 atom stereocenters. The number of piperazine rings is 1. The van der Waals surface area contributed by atoms with Crippen molar-refractivity contribution in [1.29, 1.82) is 0 Å². The van der Waals surface area contributed by atoms with Crippen LogP contribution in [0.3, 0.4) is 0 Å². The summed E-state index contributed by atoms with van der Waals surface area (Å²) in [6.07, 6.45) is 1.77. The lowest BCUT2D eigenvalue weighted by Gasteiger charge is -2.34. The highest BCUT2D eigenvalue weighted by Crippen LogP contribution is 2.20. The second kappa shape index (κ2) is 6.10. The highest BCUT2D eigenvalue weighted by molar-refractivity contribution is 5.59. The van der Waals surface area contributed by atoms with Crippen molar-refractivity contribution in [2.75, 3.05) is 43.4 Å². The molecule has 2 heterocycles. The van der Waals surface area contributed by atoms with E-state index in [4.69, 9.17) is 0 Å². The smallest absolute Gasteiger partial charge is 0.227 e. The van der Waals surface area contributed by atoms with Gasteiger partial charge in [-0.05, 0) is 44.3 Å². The largest absolute Gasteiger partial charge is 0.369 e. The highest BCUT2D eigenvalue weighted by atomic mass is 15.2. The average Bonchev–Trinajstić information content (AvgIpc) is 2.49. The molecule has 1 saturated heterocycles. The van der Waals surface area contributed by atoms with E-state index in [9.17, 15) is 0 Å². The molecule has 110 valence electrons. The van der Waals surface area contributed by atoms with Crippen LogP contribution in [0.4, 0.5) is 17.3 Å². The average molecular weight is 283 g/mol. The number of aromatic nitrogens is 2. The standard InChI is InChI=1S/C16H21N5/c1-13-7-8-17-16(18-13)19-14-3-5-15(6-4-14)21-11-9-20(2)10-12-21/h3-8H,9-12H2,1-2H3,(H,17,18,19). The molecule has 0 aliphatic carbocycles. The Bertz CT molecular complexity index is 588. The fraction of sp³-hybridized carbons (Fsp3) is 0.375. The maximum Gasteiger partial charge on any atom is 0.227 e. The fourth-order valence-corrected chi connectivity index (χ4v) is 2.46. The van der Waals surface area contributed by atoms with Gasteiger partial charge in [0.25, 0.3) is 0 Å². The molecule has 0 amide bonds. The minimum Gasteiger partial charge on any atom is -0.369 e. The van der Waals surface area contributed by atoms with E-state index in [1.807, 2.05) is 13.0 Å². The van der Waals surface area contributed by atoms with Crippen LogP contribution in [0.5, 0.6) is 0 Å². The summed E-state index contributed by atoms with van der Waals surface area (Å²) in [6, 6.07) is 10.4. The normalized spacial score (nSPS) is 16.0. The molecule has 21 heavy (non-hydrogen) atoms. The molecule has 3 rings (SSSR count). The number of nitrogens with zero attached hydrogens (tertiary/aromatic N) is 4. The lowest BCUT2D eigenvalue weighted by molar-refractivity contribution is 0.313. The van der Waals surface area contributed by atoms with Crippen LogP contribution in [0, 0.1) is 6.92 Å². The molecule has 1 aromatic carbocycles. The second-order valence-corrected chi connectivity index (χ2v) is 5.48. The Morgan fingerprint density at radius 3 is 2.38 bits per heavy atom. The predicted molar refractivity (Wildman–Crippen MR) is 86.2 cm³/mol. The molecular weight excluding hydrogens is 262 g/mol. The van der Waals surface area contributed by atoms with Crippen LogP contribution in [0.1, 0.15) is 5.69 Å². The number of aryl methyl sites for hydroxylation is 1. The first-order valence-electron chi connectivity index (χ1n) is 7.31. The molecule has 0 spiro atoms. The Kier molecular flexibility index (Phi) is 4.01. The molecule has 1 aliphatic heterocycles. The van der Waals surface area contributed by atoms with Crippen molar-refractivity contribution in [3.8, 4) is 0 Å². The van der Waals surface area contributed by atoms with Crippen LogP contribution in [0.25, 0.3) is 0 Å². The van der Waals surface area contributed by atoms with E-state index in [1.165, 1.54) is 5.69 Å². The summed E-state index contributed by atoms with van der Waals surface area (Å²) < 4.78 is 0. The summed E-state index contributed by atoms with van der Waals surface area (Å²) in [4.78, 5) is 13.4. The van der Waals surface area contributed by atoms with Gasteiger partial charge in [-0.15, -0.1) is 0 Å². The molecule has 2 aromatic rings. The zero-order valence-corrected chi connectivity index (χ0v) is 12.6. The zero-order valence-electron chi connectivity index (χ0n) is 12.6. The number of hydrogen-bond acceptors (Lipinski definition) is 5. The molecule has 5 nitrogen and oxygen atoms in total. The molecule has 0 bridgehead atoms. The summed E-state index contributed by atoms with van der Waals surface area (Å²) in [6.45, 7) is 6.38. The van der Waals surface area contributed by atoms with Crippen molar-refractivity contribution in [2.24, 2.45) is 0 Å². The number of hydrogen-bond donors (Lipinski definition) is 1. The molecule has 1 N–H and O–H groups in total. The zero-order chi connectivity index (χ0) is 14.7. The SMILES string of the molecule is Cc1ccnc(Nc2ccc(N3CCN(C)CC3)cc2)n1. The van der Waals surface area contributed by atoms with Gasteiger partial charge in [-0.1, -0.05) is 0 Å². The van der Waals surface area contributed by atoms with Crippen molar-refractivity contribution in [1.82, 2.24) is 14.9 Å². The van der Waals surface area contributed by atoms with Crippen molar-refractivity contribution >= 4 is 17.3 Å². The summed E-state index contributed by atoms with van der Waals surface area (Å²) >= 11 is 0. The Balaban J connectivity index is 1.66. The van der Waals surface area contributed by atoms with Crippen molar-refractivity contribution < 1.29 is 0 Å². The van der Waals surface area contributed by atoms with Crippen LogP contribution >= 0.6 is 0 Å². The molecule has 0 saturated carbocycles. The van der Waals surface area contributed by atoms with Gasteiger partial charge in [0.2, 0.25) is 5.95 Å². The van der Waals surface area contributed by atoms with Crippen LogP contribution < -0.4 is 10.2 Å². The van der Waals surface area contributed by atoms with E-state index in [0.29, 0.717) is 5.95 Å². The van der Waals surface area contributed by atoms with E-state index in [-0.39, 0.29) is 0 Å². The second-order valence-electron chi connectivity index (χ2n) is 5.48. The van der Waals surface area contributed by atoms with Gasteiger partial charge in [0.05, 0.1) is 0 Å². The monoisotopic (exact) mass is 283 g/mol. The first kappa shape index (κ1) is 13.8. The first-order valence-corrected chi connectivity index (χ1v) is 7.31. The quantitative estimate of drug-likeness (QED) is 0.936. The van der Waals surface area contributed by atoms with Gasteiger partial charge in [0.1, 0.15) is 0 Å². The van der Waals surface area contributed by atoms with Gasteiger partial charge in [0.15, 0.2) is 0 Å². The van der Waals surface area contributed by atoms with E-state index >= 15 is 0 Å². The van der Waals surface area contributed by atoms with Gasteiger partial charge < -0.3 is 15.1 Å². The van der Waals surface area contributed by atoms with E-state index in [0.717, 1.165) is 37.6 Å². The van der Waals surface area contributed by atoms with Gasteiger partial charge >= 0.3 is 0 Å². The number of anilines is 3. The summed E-state index contributed by atoms with van der Waals surface area (Å²) in [5, 5.41) is 3.23. The number of nitrogens with one attached hydrogen (secondary N) is 1. The van der Waals surface area contributed by atoms with E-state index in [1.54, 1.807) is 6.20 Å². The van der Waals surface area contributed by atoms with Gasteiger partial charge in [-0.3, -0.25) is 0 Å². The Morgan fingerprint density at radius 1 is 1.00 bits per heavy atom. The molecule has 0 unspecified atom stereocenters. The van der Waals surface area contributed by atoms with Crippen LogP contribution in [-0.4, -0.2) is 48.1 Å². The number of benzene rings is 1. The predicted octanol–water partition coefficient (Wildman–Crippen LogP) is 2.28. The lowest BCUT2D eigenvalue weighted by Crippen LogP contribution is -2.44. The minimum absolute atomic E-state index is 0.641. The van der Waals surface area contributed by atoms with E-state index in [2.05, 4.69) is 56.4 Å². The van der Waals surface area contributed by atoms with E-state index < -0.39 is 0 Å². The fourth-order valence-electron chi connectivity index (χ4n) is 2.46. The van der Waals surface area contributed by atoms with Gasteiger partial charge in [0, 0.05) is 49.4 Å². The number of likely N-dealkylation sites (N-methyl/N-ethyl adjacent to an activating group) is 1. The third-order valence-electron chi connectivity index (χ3n) is 3.79. The number of rotatable bonds is 3. The molecule has 0 radical (unpaired) electrons. The molecule has 5 heteroatoms. The Hall–Kier alpha value is -2.14. The summed E-state index contributed by atoms with van der Waals surface area (Å²) in [7, 11) is 2.17. The third kappa shape index (κ3) is 3.49. The van der Waals surface area contributed by atoms with Crippen molar-refractivity contribution in [3.63, 3.8) is 0 Å². The van der Waals surface area contributed by atoms with Gasteiger partial charge in [-0.25, -0.2) is 9.97 Å². The van der Waals surface area contributed by atoms with Crippen molar-refractivity contribution in [3.05, 3.63) is 42.2 Å². The van der Waals surface area contributed by atoms with Crippen molar-refractivity contribution in [2.45, 2.75) is 6.92 Å². The summed E-state index contributed by atoms with van der Waals surface area (Å²) in [5.41, 5.74) is 3.25. The summed E-state index contributed by atoms with van der Waals surface area (Å²) in [5.74, 6) is 0.641. The molecular formula is C16H21N5. The van der Waals surface area contributed by atoms with Gasteiger partial charge in [-0.2, -0.15) is 0 Å². The molecule has 1 aromatic heterocycles. The molecule has 1 fully saturated rings. The lowest BCUT2D eigenvalue weighted by atomic mass is 10.2.